The smallest absolute Gasteiger partial charge is 0.0949 e. The van der Waals surface area contributed by atoms with Gasteiger partial charge in [-0.3, -0.25) is 0 Å². The molecule has 0 aromatic heterocycles. The highest BCUT2D eigenvalue weighted by Crippen LogP contribution is 2.22. The molecular weight excluding hydrogens is 326 g/mol. The molecule has 0 heterocycles. The number of unbranched alkanes of at least 4 members (excludes halogenated alkanes) is 3. The number of benzene rings is 1. The van der Waals surface area contributed by atoms with Crippen LogP contribution in [0.3, 0.4) is 0 Å². The fourth-order valence-electron chi connectivity index (χ4n) is 2.13. The van der Waals surface area contributed by atoms with Crippen molar-refractivity contribution in [2.24, 2.45) is 0 Å². The van der Waals surface area contributed by atoms with Gasteiger partial charge in [-0.25, -0.2) is 0 Å². The van der Waals surface area contributed by atoms with Crippen LogP contribution in [0.4, 0.5) is 0 Å². The van der Waals surface area contributed by atoms with Crippen molar-refractivity contribution < 1.29 is 4.74 Å². The molecule has 3 heteroatoms. The first kappa shape index (κ1) is 18.7. The Bertz CT molecular complexity index is 400. The number of halogens is 1. The lowest BCUT2D eigenvalue weighted by molar-refractivity contribution is 0.0456. The number of ether oxygens (including phenoxy) is 1. The predicted octanol–water partition coefficient (Wildman–Crippen LogP) is 5.48. The van der Waals surface area contributed by atoms with E-state index in [1.807, 2.05) is 0 Å². The van der Waals surface area contributed by atoms with Crippen molar-refractivity contribution in [3.05, 3.63) is 34.3 Å². The van der Waals surface area contributed by atoms with Gasteiger partial charge in [0.1, 0.15) is 0 Å². The molecule has 1 unspecified atom stereocenters. The molecule has 1 aromatic rings. The van der Waals surface area contributed by atoms with Crippen LogP contribution in [0.1, 0.15) is 65.0 Å². The van der Waals surface area contributed by atoms with Crippen LogP contribution in [-0.2, 0) is 4.74 Å². The van der Waals surface area contributed by atoms with Gasteiger partial charge in [0.05, 0.1) is 6.10 Å². The van der Waals surface area contributed by atoms with Crippen molar-refractivity contribution in [2.75, 3.05) is 13.2 Å². The summed E-state index contributed by atoms with van der Waals surface area (Å²) in [6.45, 7) is 10.5. The zero-order valence-electron chi connectivity index (χ0n) is 13.9. The zero-order chi connectivity index (χ0) is 15.7. The fourth-order valence-corrected chi connectivity index (χ4v) is 2.55. The SMILES string of the molecule is CCCCCCOC(CNC(C)(C)C)c1cccc(Br)c1. The van der Waals surface area contributed by atoms with Crippen LogP contribution in [-0.4, -0.2) is 18.7 Å². The van der Waals surface area contributed by atoms with Gasteiger partial charge in [-0.1, -0.05) is 54.2 Å². The van der Waals surface area contributed by atoms with Crippen LogP contribution in [0, 0.1) is 0 Å². The van der Waals surface area contributed by atoms with E-state index in [0.29, 0.717) is 0 Å². The van der Waals surface area contributed by atoms with Gasteiger partial charge >= 0.3 is 0 Å². The molecule has 0 saturated carbocycles. The fraction of sp³-hybridized carbons (Fsp3) is 0.667. The second-order valence-electron chi connectivity index (χ2n) is 6.61. The van der Waals surface area contributed by atoms with E-state index in [4.69, 9.17) is 4.74 Å². The molecule has 0 fully saturated rings. The molecule has 2 nitrogen and oxygen atoms in total. The summed E-state index contributed by atoms with van der Waals surface area (Å²) in [7, 11) is 0. The van der Waals surface area contributed by atoms with Crippen molar-refractivity contribution in [1.29, 1.82) is 0 Å². The third-order valence-corrected chi connectivity index (χ3v) is 3.85. The summed E-state index contributed by atoms with van der Waals surface area (Å²) in [6.07, 6.45) is 5.08. The van der Waals surface area contributed by atoms with Gasteiger partial charge < -0.3 is 10.1 Å². The van der Waals surface area contributed by atoms with E-state index in [1.165, 1.54) is 24.8 Å². The molecular formula is C18H30BrNO. The summed E-state index contributed by atoms with van der Waals surface area (Å²) < 4.78 is 7.25. The van der Waals surface area contributed by atoms with Gasteiger partial charge in [0.15, 0.2) is 0 Å². The monoisotopic (exact) mass is 355 g/mol. The summed E-state index contributed by atoms with van der Waals surface area (Å²) in [5.41, 5.74) is 1.34. The Balaban J connectivity index is 2.57. The van der Waals surface area contributed by atoms with Crippen molar-refractivity contribution >= 4 is 15.9 Å². The molecule has 1 atom stereocenters. The number of hydrogen-bond acceptors (Lipinski definition) is 2. The number of hydrogen-bond donors (Lipinski definition) is 1. The molecule has 0 amide bonds. The average Bonchev–Trinajstić information content (AvgIpc) is 2.40. The molecule has 0 saturated heterocycles. The van der Waals surface area contributed by atoms with Gasteiger partial charge in [-0.2, -0.15) is 0 Å². The summed E-state index contributed by atoms with van der Waals surface area (Å²) in [5, 5.41) is 3.55. The minimum atomic E-state index is 0.107. The Morgan fingerprint density at radius 1 is 1.19 bits per heavy atom. The van der Waals surface area contributed by atoms with E-state index in [9.17, 15) is 0 Å². The topological polar surface area (TPSA) is 21.3 Å². The third kappa shape index (κ3) is 8.60. The molecule has 0 spiro atoms. The van der Waals surface area contributed by atoms with Crippen LogP contribution >= 0.6 is 15.9 Å². The van der Waals surface area contributed by atoms with Crippen LogP contribution in [0.2, 0.25) is 0 Å². The lowest BCUT2D eigenvalue weighted by Crippen LogP contribution is -2.39. The van der Waals surface area contributed by atoms with Crippen LogP contribution in [0.15, 0.2) is 28.7 Å². The molecule has 120 valence electrons. The first-order chi connectivity index (χ1) is 9.92. The molecule has 0 aliphatic heterocycles. The number of rotatable bonds is 9. The second-order valence-corrected chi connectivity index (χ2v) is 7.52. The summed E-state index contributed by atoms with van der Waals surface area (Å²) in [4.78, 5) is 0. The van der Waals surface area contributed by atoms with E-state index in [-0.39, 0.29) is 11.6 Å². The first-order valence-corrected chi connectivity index (χ1v) is 8.84. The average molecular weight is 356 g/mol. The Morgan fingerprint density at radius 2 is 1.95 bits per heavy atom. The highest BCUT2D eigenvalue weighted by Gasteiger charge is 2.16. The molecule has 0 aliphatic carbocycles. The summed E-state index contributed by atoms with van der Waals surface area (Å²) >= 11 is 3.55. The summed E-state index contributed by atoms with van der Waals surface area (Å²) in [5.74, 6) is 0. The predicted molar refractivity (Wildman–Crippen MR) is 94.7 cm³/mol. The standard InChI is InChI=1S/C18H30BrNO/c1-5-6-7-8-12-21-17(14-20-18(2,3)4)15-10-9-11-16(19)13-15/h9-11,13,17,20H,5-8,12,14H2,1-4H3. The molecule has 1 N–H and O–H groups in total. The van der Waals surface area contributed by atoms with Crippen molar-refractivity contribution in [1.82, 2.24) is 5.32 Å². The first-order valence-electron chi connectivity index (χ1n) is 8.04. The molecule has 0 radical (unpaired) electrons. The van der Waals surface area contributed by atoms with E-state index >= 15 is 0 Å². The van der Waals surface area contributed by atoms with E-state index < -0.39 is 0 Å². The Kier molecular flexibility index (Phi) is 8.53. The lowest BCUT2D eigenvalue weighted by atomic mass is 10.1. The highest BCUT2D eigenvalue weighted by molar-refractivity contribution is 9.10. The Morgan fingerprint density at radius 3 is 2.57 bits per heavy atom. The molecule has 21 heavy (non-hydrogen) atoms. The highest BCUT2D eigenvalue weighted by atomic mass is 79.9. The maximum atomic E-state index is 6.14. The van der Waals surface area contributed by atoms with E-state index in [1.54, 1.807) is 0 Å². The van der Waals surface area contributed by atoms with Gasteiger partial charge in [0, 0.05) is 23.2 Å². The third-order valence-electron chi connectivity index (χ3n) is 3.36. The molecule has 1 rings (SSSR count). The largest absolute Gasteiger partial charge is 0.372 e. The van der Waals surface area contributed by atoms with Gasteiger partial charge in [0.25, 0.3) is 0 Å². The van der Waals surface area contributed by atoms with Crippen LogP contribution in [0.5, 0.6) is 0 Å². The van der Waals surface area contributed by atoms with Crippen molar-refractivity contribution in [3.8, 4) is 0 Å². The zero-order valence-corrected chi connectivity index (χ0v) is 15.5. The van der Waals surface area contributed by atoms with Gasteiger partial charge in [0.2, 0.25) is 0 Å². The summed E-state index contributed by atoms with van der Waals surface area (Å²) in [6, 6.07) is 8.43. The minimum Gasteiger partial charge on any atom is -0.372 e. The van der Waals surface area contributed by atoms with Crippen LogP contribution in [0.25, 0.3) is 0 Å². The number of nitrogens with one attached hydrogen (secondary N) is 1. The van der Waals surface area contributed by atoms with E-state index in [2.05, 4.69) is 73.2 Å². The molecule has 1 aromatic carbocycles. The molecule has 0 aliphatic rings. The maximum Gasteiger partial charge on any atom is 0.0949 e. The van der Waals surface area contributed by atoms with E-state index in [0.717, 1.165) is 24.0 Å². The Hall–Kier alpha value is -0.380. The quantitative estimate of drug-likeness (QED) is 0.592. The Labute approximate surface area is 138 Å². The second kappa shape index (κ2) is 9.60. The van der Waals surface area contributed by atoms with Crippen molar-refractivity contribution in [3.63, 3.8) is 0 Å². The lowest BCUT2D eigenvalue weighted by Gasteiger charge is -2.26. The van der Waals surface area contributed by atoms with Crippen molar-refractivity contribution in [2.45, 2.75) is 65.0 Å². The minimum absolute atomic E-state index is 0.107. The van der Waals surface area contributed by atoms with Crippen LogP contribution < -0.4 is 5.32 Å². The molecule has 0 bridgehead atoms. The van der Waals surface area contributed by atoms with Gasteiger partial charge in [-0.05, 0) is 44.9 Å². The van der Waals surface area contributed by atoms with Gasteiger partial charge in [-0.15, -0.1) is 0 Å². The normalized spacial score (nSPS) is 13.4. The maximum absolute atomic E-state index is 6.14.